The van der Waals surface area contributed by atoms with Gasteiger partial charge in [-0.05, 0) is 102 Å². The van der Waals surface area contributed by atoms with Gasteiger partial charge in [-0.3, -0.25) is 0 Å². The Kier molecular flexibility index (Phi) is 7.45. The Balaban J connectivity index is 1.33. The first-order valence-corrected chi connectivity index (χ1v) is 22.2. The molecule has 0 bridgehead atoms. The van der Waals surface area contributed by atoms with Crippen LogP contribution in [0.1, 0.15) is 0 Å². The van der Waals surface area contributed by atoms with Gasteiger partial charge in [0.25, 0.3) is 0 Å². The lowest BCUT2D eigenvalue weighted by molar-refractivity contribution is 1.66. The molecule has 0 saturated carbocycles. The highest BCUT2D eigenvalue weighted by molar-refractivity contribution is 7.27. The Bertz CT molecular complexity index is 3580. The molecule has 13 aromatic rings. The smallest absolute Gasteiger partial charge is 0.0434 e. The van der Waals surface area contributed by atoms with Crippen molar-refractivity contribution in [3.63, 3.8) is 0 Å². The summed E-state index contributed by atoms with van der Waals surface area (Å²) in [5, 5.41) is 15.8. The molecule has 0 N–H and O–H groups in total. The van der Waals surface area contributed by atoms with E-state index in [-0.39, 0.29) is 0 Å². The van der Waals surface area contributed by atoms with E-state index in [0.717, 1.165) is 0 Å². The van der Waals surface area contributed by atoms with E-state index < -0.39 is 0 Å². The molecule has 0 saturated heterocycles. The summed E-state index contributed by atoms with van der Waals surface area (Å²) in [6.07, 6.45) is 0. The molecule has 2 heteroatoms. The van der Waals surface area contributed by atoms with Gasteiger partial charge in [0.15, 0.2) is 0 Å². The van der Waals surface area contributed by atoms with Crippen LogP contribution in [0, 0.1) is 0 Å². The summed E-state index contributed by atoms with van der Waals surface area (Å²) in [7, 11) is 0. The molecule has 11 aromatic carbocycles. The lowest BCUT2D eigenvalue weighted by atomic mass is 9.86. The average Bonchev–Trinajstić information content (AvgIpc) is 3.32. The third kappa shape index (κ3) is 5.02. The van der Waals surface area contributed by atoms with Gasteiger partial charge in [-0.2, -0.15) is 0 Å². The van der Waals surface area contributed by atoms with Gasteiger partial charge < -0.3 is 0 Å². The van der Waals surface area contributed by atoms with Crippen LogP contribution in [-0.2, 0) is 0 Å². The molecule has 0 fully saturated rings. The molecular weight excluding hydrogens is 761 g/mol. The number of rotatable bonds is 4. The standard InChI is InChI=1S/C58H34S2/c1-5-17-35(18-6-1)39-29-47-53-49-33-45(37-21-9-3-10-22-37)42-26-14-16-28-44(42)58(49)60-52-32-40(36-19-7-2-8-20-36)30-48(56(52)53)54-50-34-46(38-23-11-4-12-24-38)41-25-13-15-27-43(41)57(50)59-51(31-39)55(47)54/h1-34H. The van der Waals surface area contributed by atoms with Crippen LogP contribution < -0.4 is 0 Å². The fourth-order valence-corrected chi connectivity index (χ4v) is 12.5. The first kappa shape index (κ1) is 33.8. The van der Waals surface area contributed by atoms with Crippen molar-refractivity contribution in [2.75, 3.05) is 0 Å². The molecule has 0 atom stereocenters. The zero-order valence-electron chi connectivity index (χ0n) is 32.4. The van der Waals surface area contributed by atoms with Crippen molar-refractivity contribution in [1.29, 1.82) is 0 Å². The van der Waals surface area contributed by atoms with E-state index in [4.69, 9.17) is 0 Å². The molecule has 278 valence electrons. The molecule has 0 radical (unpaired) electrons. The third-order valence-corrected chi connectivity index (χ3v) is 15.0. The Morgan fingerprint density at radius 1 is 0.217 bits per heavy atom. The van der Waals surface area contributed by atoms with E-state index >= 15 is 0 Å². The van der Waals surface area contributed by atoms with Gasteiger partial charge in [-0.15, -0.1) is 22.7 Å². The number of fused-ring (bicyclic) bond motifs is 10. The monoisotopic (exact) mass is 794 g/mol. The summed E-state index contributed by atoms with van der Waals surface area (Å²) in [5.74, 6) is 0. The summed E-state index contributed by atoms with van der Waals surface area (Å²) < 4.78 is 5.26. The Morgan fingerprint density at radius 3 is 0.933 bits per heavy atom. The van der Waals surface area contributed by atoms with E-state index in [9.17, 15) is 0 Å². The SMILES string of the molecule is c1ccc(-c2cc3sc4c5ccccc5c(-c5ccccc5)cc4c4c5cc(-c6ccccc6)cc6sc7c8ccccc8c(-c8ccccc8)cc7c(c(c2)c34)c65)cc1. The summed E-state index contributed by atoms with van der Waals surface area (Å²) >= 11 is 3.89. The average molecular weight is 795 g/mol. The number of hydrogen-bond acceptors (Lipinski definition) is 2. The second kappa shape index (κ2) is 13.2. The van der Waals surface area contributed by atoms with Crippen molar-refractivity contribution in [2.45, 2.75) is 0 Å². The molecule has 0 unspecified atom stereocenters. The first-order valence-electron chi connectivity index (χ1n) is 20.6. The van der Waals surface area contributed by atoms with Crippen molar-refractivity contribution >= 4 is 106 Å². The van der Waals surface area contributed by atoms with Crippen LogP contribution in [0.2, 0.25) is 0 Å². The maximum absolute atomic E-state index is 2.50. The molecular formula is C58H34S2. The predicted octanol–water partition coefficient (Wildman–Crippen LogP) is 17.7. The fourth-order valence-electron chi connectivity index (χ4n) is 9.95. The van der Waals surface area contributed by atoms with E-state index in [1.165, 1.54) is 128 Å². The van der Waals surface area contributed by atoms with Crippen molar-refractivity contribution < 1.29 is 0 Å². The highest BCUT2D eigenvalue weighted by Crippen LogP contribution is 2.53. The zero-order chi connectivity index (χ0) is 39.3. The van der Waals surface area contributed by atoms with Crippen LogP contribution in [0.3, 0.4) is 0 Å². The van der Waals surface area contributed by atoms with Crippen LogP contribution in [0.5, 0.6) is 0 Å². The molecule has 0 nitrogen and oxygen atoms in total. The van der Waals surface area contributed by atoms with Crippen LogP contribution in [-0.4, -0.2) is 0 Å². The maximum atomic E-state index is 2.50. The highest BCUT2D eigenvalue weighted by Gasteiger charge is 2.24. The van der Waals surface area contributed by atoms with Crippen LogP contribution >= 0.6 is 22.7 Å². The number of benzene rings is 11. The molecule has 0 aliphatic heterocycles. The summed E-state index contributed by atoms with van der Waals surface area (Å²) in [6.45, 7) is 0. The first-order chi connectivity index (χ1) is 29.8. The minimum Gasteiger partial charge on any atom is -0.134 e. The van der Waals surface area contributed by atoms with Crippen molar-refractivity contribution in [3.8, 4) is 44.5 Å². The van der Waals surface area contributed by atoms with E-state index in [1.807, 2.05) is 22.7 Å². The Labute approximate surface area is 354 Å². The summed E-state index contributed by atoms with van der Waals surface area (Å²) in [5.41, 5.74) is 9.96. The molecule has 2 heterocycles. The zero-order valence-corrected chi connectivity index (χ0v) is 34.1. The van der Waals surface area contributed by atoms with Crippen LogP contribution in [0.4, 0.5) is 0 Å². The minimum absolute atomic E-state index is 1.23. The second-order valence-corrected chi connectivity index (χ2v) is 18.0. The molecule has 60 heavy (non-hydrogen) atoms. The van der Waals surface area contributed by atoms with Gasteiger partial charge in [0, 0.05) is 61.9 Å². The van der Waals surface area contributed by atoms with Gasteiger partial charge in [0.05, 0.1) is 0 Å². The summed E-state index contributed by atoms with van der Waals surface area (Å²) in [4.78, 5) is 0. The Morgan fingerprint density at radius 2 is 0.550 bits per heavy atom. The second-order valence-electron chi connectivity index (χ2n) is 15.9. The molecule has 0 aliphatic rings. The normalized spacial score (nSPS) is 12.0. The lowest BCUT2D eigenvalue weighted by Gasteiger charge is -2.22. The van der Waals surface area contributed by atoms with E-state index in [1.54, 1.807) is 0 Å². The van der Waals surface area contributed by atoms with Gasteiger partial charge in [-0.1, -0.05) is 170 Å². The molecule has 2 aromatic heterocycles. The maximum Gasteiger partial charge on any atom is 0.0434 e. The third-order valence-electron chi connectivity index (χ3n) is 12.6. The van der Waals surface area contributed by atoms with E-state index in [2.05, 4.69) is 206 Å². The van der Waals surface area contributed by atoms with Gasteiger partial charge in [0.2, 0.25) is 0 Å². The minimum atomic E-state index is 1.23. The summed E-state index contributed by atoms with van der Waals surface area (Å²) in [6, 6.07) is 76.8. The van der Waals surface area contributed by atoms with Gasteiger partial charge in [-0.25, -0.2) is 0 Å². The Hall–Kier alpha value is -7.10. The van der Waals surface area contributed by atoms with Crippen LogP contribution in [0.25, 0.3) is 128 Å². The fraction of sp³-hybridized carbons (Fsp3) is 0. The molecule has 0 aliphatic carbocycles. The van der Waals surface area contributed by atoms with Crippen molar-refractivity contribution in [2.24, 2.45) is 0 Å². The highest BCUT2D eigenvalue weighted by atomic mass is 32.1. The topological polar surface area (TPSA) is 0 Å². The van der Waals surface area contributed by atoms with Crippen LogP contribution in [0.15, 0.2) is 206 Å². The van der Waals surface area contributed by atoms with Gasteiger partial charge in [0.1, 0.15) is 0 Å². The number of hydrogen-bond donors (Lipinski definition) is 0. The van der Waals surface area contributed by atoms with Gasteiger partial charge >= 0.3 is 0 Å². The van der Waals surface area contributed by atoms with E-state index in [0.29, 0.717) is 0 Å². The van der Waals surface area contributed by atoms with Crippen molar-refractivity contribution in [1.82, 2.24) is 0 Å². The largest absolute Gasteiger partial charge is 0.134 e. The lowest BCUT2D eigenvalue weighted by Crippen LogP contribution is -1.93. The molecule has 0 amide bonds. The van der Waals surface area contributed by atoms with Crippen molar-refractivity contribution in [3.05, 3.63) is 206 Å². The molecule has 13 rings (SSSR count). The quantitative estimate of drug-likeness (QED) is 0.123. The molecule has 0 spiro atoms. The predicted molar refractivity (Wildman–Crippen MR) is 264 cm³/mol.